The summed E-state index contributed by atoms with van der Waals surface area (Å²) in [4.78, 5) is 11.9. The Morgan fingerprint density at radius 1 is 1.10 bits per heavy atom. The van der Waals surface area contributed by atoms with Gasteiger partial charge in [0.15, 0.2) is 0 Å². The maximum Gasteiger partial charge on any atom is 0.271 e. The molecular weight excluding hydrogens is 307 g/mol. The van der Waals surface area contributed by atoms with Gasteiger partial charge in [-0.3, -0.25) is 4.79 Å². The molecule has 0 fully saturated rings. The molecule has 2 aromatic rings. The highest BCUT2D eigenvalue weighted by Crippen LogP contribution is 2.22. The van der Waals surface area contributed by atoms with Crippen molar-refractivity contribution in [2.75, 3.05) is 0 Å². The first kappa shape index (κ1) is 15.5. The molecule has 0 atom stereocenters. The van der Waals surface area contributed by atoms with Gasteiger partial charge < -0.3 is 0 Å². The SMILES string of the molecule is CC(Cc1ccccc1)=NNC(=O)c1ccc(Cl)c(Cl)c1. The molecule has 21 heavy (non-hydrogen) atoms. The van der Waals surface area contributed by atoms with E-state index in [1.807, 2.05) is 37.3 Å². The van der Waals surface area contributed by atoms with Crippen LogP contribution in [0.1, 0.15) is 22.8 Å². The summed E-state index contributed by atoms with van der Waals surface area (Å²) < 4.78 is 0. The Morgan fingerprint density at radius 2 is 1.81 bits per heavy atom. The summed E-state index contributed by atoms with van der Waals surface area (Å²) >= 11 is 11.7. The lowest BCUT2D eigenvalue weighted by molar-refractivity contribution is 0.0954. The molecule has 0 aromatic heterocycles. The summed E-state index contributed by atoms with van der Waals surface area (Å²) in [6.45, 7) is 1.86. The van der Waals surface area contributed by atoms with E-state index in [-0.39, 0.29) is 5.91 Å². The van der Waals surface area contributed by atoms with Crippen LogP contribution in [-0.2, 0) is 6.42 Å². The molecule has 108 valence electrons. The second-order valence-electron chi connectivity index (χ2n) is 4.58. The molecule has 0 saturated heterocycles. The number of carbonyl (C=O) groups excluding carboxylic acids is 1. The molecular formula is C16H14Cl2N2O. The molecule has 1 amide bonds. The topological polar surface area (TPSA) is 41.5 Å². The van der Waals surface area contributed by atoms with Gasteiger partial charge in [0.05, 0.1) is 10.0 Å². The van der Waals surface area contributed by atoms with Gasteiger partial charge in [-0.15, -0.1) is 0 Å². The summed E-state index contributed by atoms with van der Waals surface area (Å²) in [5.41, 5.74) is 4.89. The maximum atomic E-state index is 11.9. The number of amides is 1. The molecule has 3 nitrogen and oxygen atoms in total. The zero-order chi connectivity index (χ0) is 15.2. The third kappa shape index (κ3) is 4.59. The highest BCUT2D eigenvalue weighted by Gasteiger charge is 2.07. The third-order valence-electron chi connectivity index (χ3n) is 2.83. The Morgan fingerprint density at radius 3 is 2.48 bits per heavy atom. The van der Waals surface area contributed by atoms with Crippen LogP contribution in [0.5, 0.6) is 0 Å². The highest BCUT2D eigenvalue weighted by molar-refractivity contribution is 6.42. The number of hydrogen-bond donors (Lipinski definition) is 1. The Labute approximate surface area is 133 Å². The van der Waals surface area contributed by atoms with E-state index in [0.29, 0.717) is 22.0 Å². The fourth-order valence-electron chi connectivity index (χ4n) is 1.78. The van der Waals surface area contributed by atoms with E-state index in [9.17, 15) is 4.79 Å². The van der Waals surface area contributed by atoms with Crippen molar-refractivity contribution in [1.29, 1.82) is 0 Å². The van der Waals surface area contributed by atoms with E-state index >= 15 is 0 Å². The first-order chi connectivity index (χ1) is 10.1. The maximum absolute atomic E-state index is 11.9. The van der Waals surface area contributed by atoms with Crippen LogP contribution in [-0.4, -0.2) is 11.6 Å². The number of rotatable bonds is 4. The summed E-state index contributed by atoms with van der Waals surface area (Å²) in [6.07, 6.45) is 0.683. The van der Waals surface area contributed by atoms with Gasteiger partial charge in [0.2, 0.25) is 0 Å². The van der Waals surface area contributed by atoms with Gasteiger partial charge in [0.1, 0.15) is 0 Å². The van der Waals surface area contributed by atoms with E-state index in [1.165, 1.54) is 6.07 Å². The van der Waals surface area contributed by atoms with Crippen molar-refractivity contribution >= 4 is 34.8 Å². The highest BCUT2D eigenvalue weighted by atomic mass is 35.5. The zero-order valence-corrected chi connectivity index (χ0v) is 12.9. The molecule has 2 rings (SSSR count). The van der Waals surface area contributed by atoms with Crippen molar-refractivity contribution in [2.45, 2.75) is 13.3 Å². The van der Waals surface area contributed by atoms with Crippen molar-refractivity contribution < 1.29 is 4.79 Å². The van der Waals surface area contributed by atoms with Crippen molar-refractivity contribution in [1.82, 2.24) is 5.43 Å². The van der Waals surface area contributed by atoms with Crippen LogP contribution in [0.15, 0.2) is 53.6 Å². The first-order valence-corrected chi connectivity index (χ1v) is 7.14. The quantitative estimate of drug-likeness (QED) is 0.660. The van der Waals surface area contributed by atoms with Crippen molar-refractivity contribution in [2.24, 2.45) is 5.10 Å². The fraction of sp³-hybridized carbons (Fsp3) is 0.125. The van der Waals surface area contributed by atoms with Crippen LogP contribution in [0.25, 0.3) is 0 Å². The molecule has 1 N–H and O–H groups in total. The number of hydrazone groups is 1. The van der Waals surface area contributed by atoms with Gasteiger partial charge in [-0.05, 0) is 30.7 Å². The predicted octanol–water partition coefficient (Wildman–Crippen LogP) is 4.34. The minimum atomic E-state index is -0.319. The van der Waals surface area contributed by atoms with E-state index in [1.54, 1.807) is 12.1 Å². The number of carbonyl (C=O) groups is 1. The number of halogens is 2. The summed E-state index contributed by atoms with van der Waals surface area (Å²) in [6, 6.07) is 14.6. The van der Waals surface area contributed by atoms with Crippen LogP contribution >= 0.6 is 23.2 Å². The molecule has 0 aliphatic rings. The zero-order valence-electron chi connectivity index (χ0n) is 11.4. The van der Waals surface area contributed by atoms with E-state index in [0.717, 1.165) is 11.3 Å². The lowest BCUT2D eigenvalue weighted by Crippen LogP contribution is -2.19. The van der Waals surface area contributed by atoms with Crippen molar-refractivity contribution in [3.8, 4) is 0 Å². The number of benzene rings is 2. The standard InChI is InChI=1S/C16H14Cl2N2O/c1-11(9-12-5-3-2-4-6-12)19-20-16(21)13-7-8-14(17)15(18)10-13/h2-8,10H,9H2,1H3,(H,20,21). The molecule has 0 aliphatic heterocycles. The Bertz CT molecular complexity index is 669. The van der Waals surface area contributed by atoms with Crippen molar-refractivity contribution in [3.63, 3.8) is 0 Å². The third-order valence-corrected chi connectivity index (χ3v) is 3.57. The molecule has 0 bridgehead atoms. The van der Waals surface area contributed by atoms with Gasteiger partial charge in [-0.25, -0.2) is 5.43 Å². The van der Waals surface area contributed by atoms with Crippen LogP contribution < -0.4 is 5.43 Å². The van der Waals surface area contributed by atoms with Crippen LogP contribution in [0, 0.1) is 0 Å². The van der Waals surface area contributed by atoms with E-state index in [2.05, 4.69) is 10.5 Å². The second-order valence-corrected chi connectivity index (χ2v) is 5.39. The van der Waals surface area contributed by atoms with E-state index < -0.39 is 0 Å². The van der Waals surface area contributed by atoms with Gasteiger partial charge in [-0.1, -0.05) is 53.5 Å². The predicted molar refractivity (Wildman–Crippen MR) is 87.2 cm³/mol. The summed E-state index contributed by atoms with van der Waals surface area (Å²) in [7, 11) is 0. The average molecular weight is 321 g/mol. The normalized spacial score (nSPS) is 11.3. The molecule has 2 aromatic carbocycles. The largest absolute Gasteiger partial charge is 0.271 e. The van der Waals surface area contributed by atoms with Gasteiger partial charge in [-0.2, -0.15) is 5.10 Å². The average Bonchev–Trinajstić information content (AvgIpc) is 2.48. The Balaban J connectivity index is 1.99. The minimum Gasteiger partial charge on any atom is -0.267 e. The molecule has 5 heteroatoms. The molecule has 0 saturated carbocycles. The summed E-state index contributed by atoms with van der Waals surface area (Å²) in [5.74, 6) is -0.319. The van der Waals surface area contributed by atoms with E-state index in [4.69, 9.17) is 23.2 Å². The lowest BCUT2D eigenvalue weighted by Gasteiger charge is -2.04. The monoisotopic (exact) mass is 320 g/mol. The second kappa shape index (κ2) is 7.25. The lowest BCUT2D eigenvalue weighted by atomic mass is 10.1. The minimum absolute atomic E-state index is 0.319. The Kier molecular flexibility index (Phi) is 5.37. The van der Waals surface area contributed by atoms with Gasteiger partial charge in [0.25, 0.3) is 5.91 Å². The number of nitrogens with zero attached hydrogens (tertiary/aromatic N) is 1. The van der Waals surface area contributed by atoms with Crippen LogP contribution in [0.4, 0.5) is 0 Å². The molecule has 0 aliphatic carbocycles. The molecule has 0 spiro atoms. The fourth-order valence-corrected chi connectivity index (χ4v) is 2.08. The number of nitrogens with one attached hydrogen (secondary N) is 1. The molecule has 0 heterocycles. The smallest absolute Gasteiger partial charge is 0.267 e. The molecule has 0 unspecified atom stereocenters. The summed E-state index contributed by atoms with van der Waals surface area (Å²) in [5, 5.41) is 4.84. The Hall–Kier alpha value is -1.84. The van der Waals surface area contributed by atoms with Crippen LogP contribution in [0.2, 0.25) is 10.0 Å². The van der Waals surface area contributed by atoms with Crippen molar-refractivity contribution in [3.05, 3.63) is 69.7 Å². The van der Waals surface area contributed by atoms with Crippen LogP contribution in [0.3, 0.4) is 0 Å². The molecule has 0 radical (unpaired) electrons. The van der Waals surface area contributed by atoms with Gasteiger partial charge in [0, 0.05) is 17.7 Å². The number of hydrogen-bond acceptors (Lipinski definition) is 2. The van der Waals surface area contributed by atoms with Gasteiger partial charge >= 0.3 is 0 Å². The first-order valence-electron chi connectivity index (χ1n) is 6.39.